The van der Waals surface area contributed by atoms with Gasteiger partial charge < -0.3 is 9.15 Å². The number of hydrogen-bond donors (Lipinski definition) is 0. The van der Waals surface area contributed by atoms with E-state index in [-0.39, 0.29) is 23.9 Å². The molecule has 5 nitrogen and oxygen atoms in total. The summed E-state index contributed by atoms with van der Waals surface area (Å²) in [4.78, 5) is 26.7. The Morgan fingerprint density at radius 1 is 1.03 bits per heavy atom. The van der Waals surface area contributed by atoms with Crippen LogP contribution in [0, 0.1) is 0 Å². The third-order valence-corrected chi connectivity index (χ3v) is 6.36. The minimum Gasteiger partial charge on any atom is -0.464 e. The van der Waals surface area contributed by atoms with Gasteiger partial charge in [-0.25, -0.2) is 0 Å². The molecule has 1 atom stereocenters. The number of fused-ring (bicyclic) bond motifs is 3. The molecule has 0 unspecified atom stereocenters. The molecular weight excluding hydrogens is 366 g/mol. The molecule has 29 heavy (non-hydrogen) atoms. The van der Waals surface area contributed by atoms with Crippen molar-refractivity contribution in [1.82, 2.24) is 4.90 Å². The number of hydrogen-bond acceptors (Lipinski definition) is 5. The molecule has 150 valence electrons. The summed E-state index contributed by atoms with van der Waals surface area (Å²) in [6, 6.07) is 10.6. The predicted molar refractivity (Wildman–Crippen MR) is 111 cm³/mol. The smallest absolute Gasteiger partial charge is 0.147 e. The van der Waals surface area contributed by atoms with Crippen molar-refractivity contribution < 1.29 is 18.7 Å². The Kier molecular flexibility index (Phi) is 4.94. The van der Waals surface area contributed by atoms with Crippen LogP contribution in [0.3, 0.4) is 0 Å². The molecule has 5 rings (SSSR count). The van der Waals surface area contributed by atoms with Gasteiger partial charge in [0.1, 0.15) is 17.1 Å². The van der Waals surface area contributed by atoms with E-state index in [1.807, 2.05) is 6.07 Å². The van der Waals surface area contributed by atoms with Gasteiger partial charge in [0, 0.05) is 42.9 Å². The van der Waals surface area contributed by atoms with Gasteiger partial charge >= 0.3 is 0 Å². The zero-order valence-electron chi connectivity index (χ0n) is 16.5. The summed E-state index contributed by atoms with van der Waals surface area (Å²) in [6.07, 6.45) is 3.81. The van der Waals surface area contributed by atoms with Crippen LogP contribution in [0.15, 0.2) is 41.0 Å². The van der Waals surface area contributed by atoms with Crippen LogP contribution in [0.1, 0.15) is 36.3 Å². The van der Waals surface area contributed by atoms with E-state index in [1.54, 1.807) is 6.26 Å². The van der Waals surface area contributed by atoms with Crippen LogP contribution in [0.2, 0.25) is 0 Å². The first-order valence-corrected chi connectivity index (χ1v) is 10.5. The first-order valence-electron chi connectivity index (χ1n) is 10.5. The van der Waals surface area contributed by atoms with Crippen LogP contribution >= 0.6 is 0 Å². The quantitative estimate of drug-likeness (QED) is 0.632. The molecule has 0 N–H and O–H groups in total. The molecule has 0 bridgehead atoms. The lowest BCUT2D eigenvalue weighted by atomic mass is 9.81. The maximum absolute atomic E-state index is 12.5. The van der Waals surface area contributed by atoms with Crippen molar-refractivity contribution in [3.8, 4) is 0 Å². The van der Waals surface area contributed by atoms with E-state index in [4.69, 9.17) is 9.15 Å². The number of Topliss-reactive ketones (excluding diaryl/α,β-unsaturated/α-hetero) is 2. The highest BCUT2D eigenvalue weighted by atomic mass is 16.5. The maximum atomic E-state index is 12.5. The summed E-state index contributed by atoms with van der Waals surface area (Å²) in [7, 11) is 0. The summed E-state index contributed by atoms with van der Waals surface area (Å²) in [5, 5.41) is 3.38. The van der Waals surface area contributed by atoms with Crippen molar-refractivity contribution in [3.63, 3.8) is 0 Å². The standard InChI is InChI=1S/C24H25NO4/c26-17-4-5-19(22(27)14-17)21-15-29-23-7-6-18-16(2-1-3-20(18)24(21)23)8-9-25-10-12-28-13-11-25/h1-3,6-7,15,19H,4-5,8-14H2/t19-/m1/s1. The van der Waals surface area contributed by atoms with Gasteiger partial charge in [0.2, 0.25) is 0 Å². The molecule has 1 saturated heterocycles. The fourth-order valence-electron chi connectivity index (χ4n) is 4.76. The number of furan rings is 1. The van der Waals surface area contributed by atoms with Crippen molar-refractivity contribution in [2.45, 2.75) is 31.6 Å². The predicted octanol–water partition coefficient (Wildman–Crippen LogP) is 3.87. The SMILES string of the molecule is O=C1CC[C@H](c2coc3ccc4c(CCN5CCOCC5)cccc4c23)C(=O)C1. The number of carbonyl (C=O) groups excluding carboxylic acids is 2. The third kappa shape index (κ3) is 3.49. The second-order valence-corrected chi connectivity index (χ2v) is 8.12. The first kappa shape index (κ1) is 18.5. The number of nitrogens with zero attached hydrogens (tertiary/aromatic N) is 1. The molecule has 3 aromatic rings. The van der Waals surface area contributed by atoms with Crippen molar-refractivity contribution in [1.29, 1.82) is 0 Å². The van der Waals surface area contributed by atoms with E-state index in [0.29, 0.717) is 12.8 Å². The van der Waals surface area contributed by atoms with E-state index in [2.05, 4.69) is 29.2 Å². The number of ketones is 2. The van der Waals surface area contributed by atoms with Gasteiger partial charge in [-0.1, -0.05) is 24.3 Å². The Balaban J connectivity index is 1.52. The van der Waals surface area contributed by atoms with Crippen LogP contribution in [-0.2, 0) is 20.7 Å². The van der Waals surface area contributed by atoms with Gasteiger partial charge in [-0.3, -0.25) is 14.5 Å². The normalized spacial score (nSPS) is 21.3. The Bertz CT molecular complexity index is 1080. The molecule has 0 spiro atoms. The molecule has 0 radical (unpaired) electrons. The molecule has 0 amide bonds. The van der Waals surface area contributed by atoms with E-state index in [0.717, 1.165) is 61.2 Å². The number of benzene rings is 2. The van der Waals surface area contributed by atoms with Gasteiger partial charge in [-0.05, 0) is 35.2 Å². The Morgan fingerprint density at radius 2 is 1.90 bits per heavy atom. The summed E-state index contributed by atoms with van der Waals surface area (Å²) in [6.45, 7) is 4.62. The summed E-state index contributed by atoms with van der Waals surface area (Å²) < 4.78 is 11.3. The van der Waals surface area contributed by atoms with E-state index in [1.165, 1.54) is 10.9 Å². The Hall–Kier alpha value is -2.50. The van der Waals surface area contributed by atoms with E-state index in [9.17, 15) is 9.59 Å². The molecule has 2 heterocycles. The first-order chi connectivity index (χ1) is 14.2. The van der Waals surface area contributed by atoms with Crippen LogP contribution in [0.4, 0.5) is 0 Å². The monoisotopic (exact) mass is 391 g/mol. The molecule has 5 heteroatoms. The average molecular weight is 391 g/mol. The Labute approximate surface area is 169 Å². The lowest BCUT2D eigenvalue weighted by Gasteiger charge is -2.26. The fraction of sp³-hybridized carbons (Fsp3) is 0.417. The largest absolute Gasteiger partial charge is 0.464 e. The molecular formula is C24H25NO4. The molecule has 2 aliphatic rings. The van der Waals surface area contributed by atoms with Gasteiger partial charge in [0.25, 0.3) is 0 Å². The fourth-order valence-corrected chi connectivity index (χ4v) is 4.76. The third-order valence-electron chi connectivity index (χ3n) is 6.36. The van der Waals surface area contributed by atoms with Crippen LogP contribution in [-0.4, -0.2) is 49.3 Å². The zero-order chi connectivity index (χ0) is 19.8. The maximum Gasteiger partial charge on any atom is 0.147 e. The summed E-state index contributed by atoms with van der Waals surface area (Å²) in [5.74, 6) is -0.171. The van der Waals surface area contributed by atoms with Crippen molar-refractivity contribution in [2.75, 3.05) is 32.8 Å². The summed E-state index contributed by atoms with van der Waals surface area (Å²) >= 11 is 0. The lowest BCUT2D eigenvalue weighted by Crippen LogP contribution is -2.37. The van der Waals surface area contributed by atoms with E-state index < -0.39 is 0 Å². The van der Waals surface area contributed by atoms with Crippen LogP contribution in [0.25, 0.3) is 21.7 Å². The second-order valence-electron chi connectivity index (χ2n) is 8.12. The van der Waals surface area contributed by atoms with Crippen molar-refractivity contribution >= 4 is 33.3 Å². The van der Waals surface area contributed by atoms with Gasteiger partial charge in [-0.15, -0.1) is 0 Å². The molecule has 1 saturated carbocycles. The minimum atomic E-state index is -0.239. The average Bonchev–Trinajstić information content (AvgIpc) is 3.17. The van der Waals surface area contributed by atoms with Gasteiger partial charge in [-0.2, -0.15) is 0 Å². The number of carbonyl (C=O) groups is 2. The van der Waals surface area contributed by atoms with Gasteiger partial charge in [0.15, 0.2) is 0 Å². The number of ether oxygens (including phenoxy) is 1. The molecule has 1 aliphatic carbocycles. The molecule has 2 aromatic carbocycles. The second kappa shape index (κ2) is 7.73. The van der Waals surface area contributed by atoms with Crippen molar-refractivity contribution in [3.05, 3.63) is 47.7 Å². The highest BCUT2D eigenvalue weighted by molar-refractivity contribution is 6.12. The Morgan fingerprint density at radius 3 is 2.72 bits per heavy atom. The van der Waals surface area contributed by atoms with Gasteiger partial charge in [0.05, 0.1) is 25.9 Å². The summed E-state index contributed by atoms with van der Waals surface area (Å²) in [5.41, 5.74) is 3.06. The topological polar surface area (TPSA) is 59.8 Å². The molecule has 2 fully saturated rings. The van der Waals surface area contributed by atoms with E-state index >= 15 is 0 Å². The van der Waals surface area contributed by atoms with Crippen molar-refractivity contribution in [2.24, 2.45) is 0 Å². The highest BCUT2D eigenvalue weighted by Gasteiger charge is 2.31. The highest BCUT2D eigenvalue weighted by Crippen LogP contribution is 2.38. The number of rotatable bonds is 4. The minimum absolute atomic E-state index is 0.0180. The van der Waals surface area contributed by atoms with Crippen LogP contribution in [0.5, 0.6) is 0 Å². The number of morpholine rings is 1. The molecule has 1 aromatic heterocycles. The lowest BCUT2D eigenvalue weighted by molar-refractivity contribution is -0.130. The zero-order valence-corrected chi connectivity index (χ0v) is 16.5. The molecule has 1 aliphatic heterocycles. The van der Waals surface area contributed by atoms with Crippen LogP contribution < -0.4 is 0 Å².